The highest BCUT2D eigenvalue weighted by atomic mass is 15.4. The summed E-state index contributed by atoms with van der Waals surface area (Å²) in [5, 5.41) is 0. The highest BCUT2D eigenvalue weighted by Gasteiger charge is 2.28. The van der Waals surface area contributed by atoms with Crippen LogP contribution in [0.25, 0.3) is 0 Å². The molecule has 0 unspecified atom stereocenters. The average molecular weight is 170 g/mol. The summed E-state index contributed by atoms with van der Waals surface area (Å²) >= 11 is 0. The summed E-state index contributed by atoms with van der Waals surface area (Å²) in [6.07, 6.45) is 0. The number of hydrogen-bond donors (Lipinski definition) is 0. The molecule has 0 radical (unpaired) electrons. The van der Waals surface area contributed by atoms with E-state index in [4.69, 9.17) is 4.11 Å². The van der Waals surface area contributed by atoms with Crippen molar-refractivity contribution in [2.24, 2.45) is 7.05 Å². The van der Waals surface area contributed by atoms with Gasteiger partial charge in [0.15, 0.2) is 5.54 Å². The third kappa shape index (κ3) is 1.38. The summed E-state index contributed by atoms with van der Waals surface area (Å²) in [6, 6.07) is 1.73. The molecule has 0 atom stereocenters. The summed E-state index contributed by atoms with van der Waals surface area (Å²) in [7, 11) is 1.79. The molecule has 2 nitrogen and oxygen atoms in total. The SMILES string of the molecule is [2H]C([2H])([2H])c1cc(C)[n+](C(C)(C)C)n1C. The van der Waals surface area contributed by atoms with E-state index in [1.165, 1.54) is 0 Å². The fourth-order valence-electron chi connectivity index (χ4n) is 1.68. The highest BCUT2D eigenvalue weighted by Crippen LogP contribution is 2.08. The Labute approximate surface area is 79.0 Å². The first kappa shape index (κ1) is 5.79. The Morgan fingerprint density at radius 1 is 1.50 bits per heavy atom. The van der Waals surface area contributed by atoms with E-state index in [9.17, 15) is 0 Å². The Morgan fingerprint density at radius 3 is 2.33 bits per heavy atom. The fraction of sp³-hybridized carbons (Fsp3) is 0.700. The van der Waals surface area contributed by atoms with Crippen LogP contribution < -0.4 is 4.68 Å². The highest BCUT2D eigenvalue weighted by molar-refractivity contribution is 5.01. The van der Waals surface area contributed by atoms with Crippen molar-refractivity contribution in [3.8, 4) is 0 Å². The van der Waals surface area contributed by atoms with E-state index in [1.54, 1.807) is 17.8 Å². The second kappa shape index (κ2) is 2.61. The van der Waals surface area contributed by atoms with Crippen LogP contribution in [-0.4, -0.2) is 4.68 Å². The van der Waals surface area contributed by atoms with Crippen molar-refractivity contribution >= 4 is 0 Å². The van der Waals surface area contributed by atoms with Crippen molar-refractivity contribution in [3.05, 3.63) is 17.5 Å². The van der Waals surface area contributed by atoms with Crippen molar-refractivity contribution in [2.75, 3.05) is 0 Å². The van der Waals surface area contributed by atoms with Gasteiger partial charge in [-0.3, -0.25) is 0 Å². The van der Waals surface area contributed by atoms with Gasteiger partial charge < -0.3 is 0 Å². The van der Waals surface area contributed by atoms with E-state index in [1.807, 2.05) is 11.6 Å². The first-order valence-electron chi connectivity index (χ1n) is 5.65. The van der Waals surface area contributed by atoms with Gasteiger partial charge in [0.25, 0.3) is 0 Å². The summed E-state index contributed by atoms with van der Waals surface area (Å²) in [4.78, 5) is 0. The number of aromatic nitrogens is 2. The standard InChI is InChI=1S/C10H19N2/c1-8-7-9(2)12(11(8)6)10(3,4)5/h7H,1-6H3/q+1/i1D3. The van der Waals surface area contributed by atoms with Gasteiger partial charge in [-0.05, 0) is 6.85 Å². The molecule has 0 spiro atoms. The van der Waals surface area contributed by atoms with E-state index in [0.29, 0.717) is 5.69 Å². The van der Waals surface area contributed by atoms with Gasteiger partial charge in [0.2, 0.25) is 5.69 Å². The zero-order chi connectivity index (χ0) is 12.0. The molecule has 2 heteroatoms. The van der Waals surface area contributed by atoms with Gasteiger partial charge in [-0.2, -0.15) is 4.68 Å². The normalized spacial score (nSPS) is 16.9. The maximum absolute atomic E-state index is 7.43. The number of nitrogens with zero attached hydrogens (tertiary/aromatic N) is 2. The summed E-state index contributed by atoms with van der Waals surface area (Å²) < 4.78 is 26.0. The minimum Gasteiger partial charge on any atom is -0.160 e. The van der Waals surface area contributed by atoms with Crippen LogP contribution in [-0.2, 0) is 12.6 Å². The largest absolute Gasteiger partial charge is 0.205 e. The maximum Gasteiger partial charge on any atom is 0.205 e. The van der Waals surface area contributed by atoms with E-state index in [-0.39, 0.29) is 5.54 Å². The van der Waals surface area contributed by atoms with Crippen molar-refractivity contribution < 1.29 is 8.79 Å². The number of hydrogen-bond acceptors (Lipinski definition) is 0. The van der Waals surface area contributed by atoms with Crippen LogP contribution in [0.4, 0.5) is 0 Å². The molecule has 0 amide bonds. The molecular weight excluding hydrogens is 148 g/mol. The summed E-state index contributed by atoms with van der Waals surface area (Å²) in [5.41, 5.74) is 1.24. The molecule has 1 heterocycles. The molecule has 1 rings (SSSR count). The molecule has 0 saturated carbocycles. The Hall–Kier alpha value is -0.790. The second-order valence-electron chi connectivity index (χ2n) is 4.18. The third-order valence-corrected chi connectivity index (χ3v) is 1.96. The van der Waals surface area contributed by atoms with Gasteiger partial charge >= 0.3 is 0 Å². The monoisotopic (exact) mass is 170 g/mol. The first-order chi connectivity index (χ1) is 6.55. The zero-order valence-electron chi connectivity index (χ0n) is 11.5. The number of rotatable bonds is 0. The predicted molar refractivity (Wildman–Crippen MR) is 50.1 cm³/mol. The van der Waals surface area contributed by atoms with Crippen LogP contribution in [0.3, 0.4) is 0 Å². The van der Waals surface area contributed by atoms with E-state index in [2.05, 4.69) is 20.8 Å². The van der Waals surface area contributed by atoms with Gasteiger partial charge in [-0.25, -0.2) is 0 Å². The zero-order valence-corrected chi connectivity index (χ0v) is 8.47. The van der Waals surface area contributed by atoms with Crippen LogP contribution in [0.1, 0.15) is 36.3 Å². The van der Waals surface area contributed by atoms with Gasteiger partial charge in [0, 0.05) is 37.9 Å². The minimum absolute atomic E-state index is 0.109. The van der Waals surface area contributed by atoms with Crippen molar-refractivity contribution in [1.29, 1.82) is 0 Å². The molecule has 0 aromatic carbocycles. The van der Waals surface area contributed by atoms with Crippen molar-refractivity contribution in [1.82, 2.24) is 4.68 Å². The van der Waals surface area contributed by atoms with Gasteiger partial charge in [0.05, 0.1) is 12.7 Å². The Morgan fingerprint density at radius 2 is 2.08 bits per heavy atom. The Bertz CT molecular complexity index is 369. The van der Waals surface area contributed by atoms with Gasteiger partial charge in [-0.15, -0.1) is 4.68 Å². The predicted octanol–water partition coefficient (Wildman–Crippen LogP) is 1.68. The van der Waals surface area contributed by atoms with Crippen LogP contribution in [0.15, 0.2) is 6.07 Å². The quantitative estimate of drug-likeness (QED) is 0.524. The molecular formula is C10H19N2+. The number of aryl methyl sites for hydroxylation is 2. The Balaban J connectivity index is 3.41. The summed E-state index contributed by atoms with van der Waals surface area (Å²) in [6.45, 7) is 6.06. The molecule has 0 N–H and O–H groups in total. The van der Waals surface area contributed by atoms with Crippen LogP contribution in [0.5, 0.6) is 0 Å². The minimum atomic E-state index is -2.05. The molecule has 0 aliphatic rings. The van der Waals surface area contributed by atoms with Crippen molar-refractivity contribution in [3.63, 3.8) is 0 Å². The first-order valence-corrected chi connectivity index (χ1v) is 4.15. The molecule has 1 aromatic rings. The third-order valence-electron chi connectivity index (χ3n) is 1.96. The van der Waals surface area contributed by atoms with Gasteiger partial charge in [0.1, 0.15) is 0 Å². The molecule has 68 valence electrons. The lowest BCUT2D eigenvalue weighted by atomic mass is 10.1. The summed E-state index contributed by atoms with van der Waals surface area (Å²) in [5.74, 6) is 0. The lowest BCUT2D eigenvalue weighted by Crippen LogP contribution is -2.57. The average Bonchev–Trinajstić information content (AvgIpc) is 2.22. The molecule has 1 aromatic heterocycles. The Kier molecular flexibility index (Phi) is 1.26. The fourth-order valence-corrected chi connectivity index (χ4v) is 1.68. The van der Waals surface area contributed by atoms with E-state index >= 15 is 0 Å². The van der Waals surface area contributed by atoms with Crippen molar-refractivity contribution in [2.45, 2.75) is 40.1 Å². The lowest BCUT2D eigenvalue weighted by Gasteiger charge is -2.14. The van der Waals surface area contributed by atoms with Crippen LogP contribution in [0.2, 0.25) is 0 Å². The van der Waals surface area contributed by atoms with E-state index in [0.717, 1.165) is 5.69 Å². The van der Waals surface area contributed by atoms with E-state index < -0.39 is 6.85 Å². The van der Waals surface area contributed by atoms with Gasteiger partial charge in [-0.1, -0.05) is 0 Å². The molecule has 12 heavy (non-hydrogen) atoms. The topological polar surface area (TPSA) is 8.81 Å². The molecule has 0 aliphatic carbocycles. The lowest BCUT2D eigenvalue weighted by molar-refractivity contribution is -0.828. The molecule has 0 bridgehead atoms. The molecule has 0 saturated heterocycles. The van der Waals surface area contributed by atoms with Crippen LogP contribution >= 0.6 is 0 Å². The second-order valence-corrected chi connectivity index (χ2v) is 4.18. The molecule has 0 aliphatic heterocycles. The molecule has 0 fully saturated rings. The van der Waals surface area contributed by atoms with Crippen LogP contribution in [0, 0.1) is 13.8 Å². The smallest absolute Gasteiger partial charge is 0.160 e. The maximum atomic E-state index is 7.43.